The molecule has 0 aromatic heterocycles. The quantitative estimate of drug-likeness (QED) is 0.557. The van der Waals surface area contributed by atoms with Crippen molar-refractivity contribution in [3.8, 4) is 0 Å². The molecule has 0 fully saturated rings. The van der Waals surface area contributed by atoms with Crippen molar-refractivity contribution in [2.75, 3.05) is 11.4 Å². The molecule has 0 bridgehead atoms. The summed E-state index contributed by atoms with van der Waals surface area (Å²) in [6.07, 6.45) is 0. The molecule has 0 aliphatic rings. The van der Waals surface area contributed by atoms with Crippen LogP contribution in [0.5, 0.6) is 0 Å². The van der Waals surface area contributed by atoms with Crippen LogP contribution in [-0.4, -0.2) is 11.7 Å². The normalized spacial score (nSPS) is 9.96. The Kier molecular flexibility index (Phi) is 7.72. The molecule has 0 spiro atoms. The summed E-state index contributed by atoms with van der Waals surface area (Å²) in [6, 6.07) is 11.8. The van der Waals surface area contributed by atoms with Crippen LogP contribution in [0.3, 0.4) is 0 Å². The van der Waals surface area contributed by atoms with E-state index in [9.17, 15) is 0 Å². The van der Waals surface area contributed by atoms with E-state index in [1.165, 1.54) is 39.1 Å². The minimum absolute atomic E-state index is 0.685. The Bertz CT molecular complexity index is 600. The summed E-state index contributed by atoms with van der Waals surface area (Å²) in [6.45, 7) is 17.1. The third-order valence-corrected chi connectivity index (χ3v) is 3.85. The topological polar surface area (TPSA) is 3.24 Å². The van der Waals surface area contributed by atoms with Crippen LogP contribution < -0.4 is 4.90 Å². The summed E-state index contributed by atoms with van der Waals surface area (Å²) in [5, 5.41) is 1.71. The van der Waals surface area contributed by atoms with Gasteiger partial charge in [0.1, 0.15) is 0 Å². The molecule has 0 amide bonds. The molecule has 23 heavy (non-hydrogen) atoms. The summed E-state index contributed by atoms with van der Waals surface area (Å²) in [7, 11) is 0. The molecule has 0 atom stereocenters. The molecule has 0 radical (unpaired) electrons. The molecule has 0 saturated heterocycles. The zero-order chi connectivity index (χ0) is 17.6. The molecule has 2 aromatic rings. The van der Waals surface area contributed by atoms with Crippen molar-refractivity contribution in [3.05, 3.63) is 70.6 Å². The van der Waals surface area contributed by atoms with Gasteiger partial charge in [0.25, 0.3) is 0 Å². The first kappa shape index (κ1) is 19.6. The molecule has 0 unspecified atom stereocenters. The van der Waals surface area contributed by atoms with Crippen molar-refractivity contribution in [2.45, 2.75) is 41.5 Å². The van der Waals surface area contributed by atoms with Crippen LogP contribution >= 0.6 is 0 Å². The van der Waals surface area contributed by atoms with E-state index in [1.54, 1.807) is 5.12 Å². The maximum absolute atomic E-state index is 4.68. The number of hydrogen-bond donors (Lipinski definition) is 0. The molecule has 0 N–H and O–H groups in total. The number of hydrogen-bond acceptors (Lipinski definition) is 1. The molecule has 1 nitrogen and oxygen atoms in total. The van der Waals surface area contributed by atoms with Gasteiger partial charge in [0, 0.05) is 0 Å². The molecule has 2 heteroatoms. The average Bonchev–Trinajstić information content (AvgIpc) is 2.41. The van der Waals surface area contributed by atoms with Crippen molar-refractivity contribution in [3.63, 3.8) is 0 Å². The van der Waals surface area contributed by atoms with Gasteiger partial charge < -0.3 is 0 Å². The van der Waals surface area contributed by atoms with Crippen molar-refractivity contribution in [1.82, 2.24) is 0 Å². The van der Waals surface area contributed by atoms with Crippen LogP contribution in [-0.2, 0) is 15.0 Å². The predicted octanol–water partition coefficient (Wildman–Crippen LogP) is 4.97. The van der Waals surface area contributed by atoms with Gasteiger partial charge in [0.15, 0.2) is 0 Å². The van der Waals surface area contributed by atoms with E-state index in [2.05, 4.69) is 93.8 Å². The SMILES string of the molecule is Cc1[c-]c(C)cc(C)c1.[CH2-]CN([CH]=[Ni])c1c(C)cc(C)cc1C. The van der Waals surface area contributed by atoms with E-state index in [1.807, 2.05) is 4.90 Å². The van der Waals surface area contributed by atoms with Crippen molar-refractivity contribution >= 4 is 10.8 Å². The van der Waals surface area contributed by atoms with Gasteiger partial charge in [-0.2, -0.15) is 34.9 Å². The van der Waals surface area contributed by atoms with Gasteiger partial charge in [-0.1, -0.05) is 20.8 Å². The number of aryl methyl sites for hydroxylation is 6. The Hall–Kier alpha value is -1.40. The molecular formula is C21H27NNi-2. The van der Waals surface area contributed by atoms with Crippen LogP contribution in [0.2, 0.25) is 0 Å². The second kappa shape index (κ2) is 9.03. The maximum atomic E-state index is 4.68. The fourth-order valence-corrected chi connectivity index (χ4v) is 3.18. The first-order valence-electron chi connectivity index (χ1n) is 7.79. The van der Waals surface area contributed by atoms with Gasteiger partial charge in [-0.05, 0) is 0 Å². The molecule has 2 aromatic carbocycles. The van der Waals surface area contributed by atoms with Gasteiger partial charge in [0.2, 0.25) is 0 Å². The van der Waals surface area contributed by atoms with E-state index in [-0.39, 0.29) is 0 Å². The Morgan fingerprint density at radius 3 is 1.70 bits per heavy atom. The summed E-state index contributed by atoms with van der Waals surface area (Å²) in [5.41, 5.74) is 8.81. The number of anilines is 1. The van der Waals surface area contributed by atoms with Crippen LogP contribution in [0.25, 0.3) is 0 Å². The predicted molar refractivity (Wildman–Crippen MR) is 98.9 cm³/mol. The molecule has 0 saturated carbocycles. The average molecular weight is 352 g/mol. The Morgan fingerprint density at radius 2 is 1.35 bits per heavy atom. The molecule has 2 rings (SSSR count). The second-order valence-corrected chi connectivity index (χ2v) is 6.30. The van der Waals surface area contributed by atoms with Gasteiger partial charge >= 0.3 is 93.8 Å². The summed E-state index contributed by atoms with van der Waals surface area (Å²) >= 11 is 4.68. The first-order valence-corrected chi connectivity index (χ1v) is 8.36. The van der Waals surface area contributed by atoms with E-state index < -0.39 is 0 Å². The van der Waals surface area contributed by atoms with Crippen LogP contribution in [0.4, 0.5) is 5.69 Å². The van der Waals surface area contributed by atoms with E-state index in [0.29, 0.717) is 6.54 Å². The van der Waals surface area contributed by atoms with Crippen molar-refractivity contribution in [2.24, 2.45) is 0 Å². The van der Waals surface area contributed by atoms with Crippen LogP contribution in [0.1, 0.15) is 33.4 Å². The summed E-state index contributed by atoms with van der Waals surface area (Å²) in [5.74, 6) is 0. The molecule has 0 aliphatic heterocycles. The molecule has 0 aliphatic carbocycles. The van der Waals surface area contributed by atoms with Gasteiger partial charge in [-0.3, -0.25) is 0 Å². The fraction of sp³-hybridized carbons (Fsp3) is 0.333. The summed E-state index contributed by atoms with van der Waals surface area (Å²) in [4.78, 5) is 2.02. The third kappa shape index (κ3) is 5.96. The zero-order valence-corrected chi connectivity index (χ0v) is 16.1. The fourth-order valence-electron chi connectivity index (χ4n) is 2.93. The van der Waals surface area contributed by atoms with Gasteiger partial charge in [-0.25, -0.2) is 0 Å². The Balaban J connectivity index is 0.000000253. The Morgan fingerprint density at radius 1 is 0.913 bits per heavy atom. The number of rotatable bonds is 3. The number of nitrogens with zero attached hydrogens (tertiary/aromatic N) is 1. The second-order valence-electron chi connectivity index (χ2n) is 6.05. The summed E-state index contributed by atoms with van der Waals surface area (Å²) < 4.78 is 0. The van der Waals surface area contributed by atoms with Crippen molar-refractivity contribution < 1.29 is 15.0 Å². The van der Waals surface area contributed by atoms with Crippen molar-refractivity contribution in [1.29, 1.82) is 0 Å². The van der Waals surface area contributed by atoms with Crippen LogP contribution in [0, 0.1) is 54.5 Å². The van der Waals surface area contributed by atoms with Crippen LogP contribution in [0.15, 0.2) is 24.3 Å². The minimum atomic E-state index is 0.685. The Labute approximate surface area is 149 Å². The van der Waals surface area contributed by atoms with E-state index in [0.717, 1.165) is 0 Å². The number of benzene rings is 2. The standard InChI is InChI=1S/C12H16N.C9H11.Ni/c1-6-13(5)12-10(3)7-9(2)8-11(12)4;1-7-4-8(2)6-9(3)5-7;/h5,7-8H,1,6H2,2-4H3;4-5H,1-3H3;/q2*-1;. The molecule has 128 valence electrons. The van der Waals surface area contributed by atoms with E-state index >= 15 is 0 Å². The first-order chi connectivity index (χ1) is 10.8. The van der Waals surface area contributed by atoms with E-state index in [4.69, 9.17) is 0 Å². The monoisotopic (exact) mass is 351 g/mol. The molecule has 0 heterocycles. The zero-order valence-electron chi connectivity index (χ0n) is 15.1. The molecular weight excluding hydrogens is 325 g/mol. The third-order valence-electron chi connectivity index (χ3n) is 3.54. The van der Waals surface area contributed by atoms with Gasteiger partial charge in [0.05, 0.1) is 0 Å². The van der Waals surface area contributed by atoms with Gasteiger partial charge in [-0.15, -0.1) is 0 Å².